The molecule has 0 amide bonds. The molecule has 0 radical (unpaired) electrons. The van der Waals surface area contributed by atoms with Crippen LogP contribution >= 0.6 is 0 Å². The van der Waals surface area contributed by atoms with Gasteiger partial charge in [0.05, 0.1) is 0 Å². The Morgan fingerprint density at radius 3 is 2.44 bits per heavy atom. The Bertz CT molecular complexity index is 139. The van der Waals surface area contributed by atoms with E-state index in [0.29, 0.717) is 12.8 Å². The molecule has 52 valence electrons. The van der Waals surface area contributed by atoms with Gasteiger partial charge in [0.2, 0.25) is 0 Å². The maximum atomic E-state index is 10.7. The Labute approximate surface area is 53.3 Å². The lowest BCUT2D eigenvalue weighted by atomic mass is 10.1. The fourth-order valence-electron chi connectivity index (χ4n) is 1.03. The van der Waals surface area contributed by atoms with Crippen molar-refractivity contribution in [3.8, 4) is 0 Å². The molecule has 0 heterocycles. The molecule has 1 saturated carbocycles. The van der Waals surface area contributed by atoms with E-state index in [4.69, 9.17) is 10.2 Å². The maximum Gasteiger partial charge on any atom is 0.192 e. The summed E-state index contributed by atoms with van der Waals surface area (Å²) < 4.78 is 0. The summed E-state index contributed by atoms with van der Waals surface area (Å²) in [6.45, 7) is 1.44. The Morgan fingerprint density at radius 1 is 1.78 bits per heavy atom. The van der Waals surface area contributed by atoms with Crippen LogP contribution < -0.4 is 0 Å². The fourth-order valence-corrected chi connectivity index (χ4v) is 1.03. The van der Waals surface area contributed by atoms with Crippen molar-refractivity contribution >= 4 is 5.78 Å². The minimum atomic E-state index is -1.26. The summed E-state index contributed by atoms with van der Waals surface area (Å²) in [7, 11) is 0. The number of carbonyl (C=O) groups is 1. The molecule has 3 heteroatoms. The SMILES string of the molecule is C[C@@]1(O)CC[C@@H](O)C1=O. The van der Waals surface area contributed by atoms with E-state index >= 15 is 0 Å². The van der Waals surface area contributed by atoms with Gasteiger partial charge < -0.3 is 10.2 Å². The normalized spacial score (nSPS) is 43.9. The van der Waals surface area contributed by atoms with Gasteiger partial charge in [0.15, 0.2) is 5.78 Å². The van der Waals surface area contributed by atoms with Crippen LogP contribution in [0.4, 0.5) is 0 Å². The monoisotopic (exact) mass is 130 g/mol. The molecule has 9 heavy (non-hydrogen) atoms. The smallest absolute Gasteiger partial charge is 0.192 e. The van der Waals surface area contributed by atoms with Gasteiger partial charge in [-0.2, -0.15) is 0 Å². The Kier molecular flexibility index (Phi) is 1.33. The molecule has 0 spiro atoms. The topological polar surface area (TPSA) is 57.5 Å². The quantitative estimate of drug-likeness (QED) is 0.463. The van der Waals surface area contributed by atoms with E-state index in [0.717, 1.165) is 0 Å². The lowest BCUT2D eigenvalue weighted by Crippen LogP contribution is -2.33. The predicted molar refractivity (Wildman–Crippen MR) is 30.9 cm³/mol. The van der Waals surface area contributed by atoms with Crippen molar-refractivity contribution < 1.29 is 15.0 Å². The van der Waals surface area contributed by atoms with E-state index in [1.165, 1.54) is 6.92 Å². The van der Waals surface area contributed by atoms with Gasteiger partial charge in [-0.3, -0.25) is 4.79 Å². The highest BCUT2D eigenvalue weighted by atomic mass is 16.3. The van der Waals surface area contributed by atoms with Crippen molar-refractivity contribution in [2.75, 3.05) is 0 Å². The fraction of sp³-hybridized carbons (Fsp3) is 0.833. The van der Waals surface area contributed by atoms with Crippen molar-refractivity contribution in [1.82, 2.24) is 0 Å². The van der Waals surface area contributed by atoms with Crippen LogP contribution in [0.5, 0.6) is 0 Å². The number of Topliss-reactive ketones (excluding diaryl/α,β-unsaturated/α-hetero) is 1. The molecule has 0 unspecified atom stereocenters. The first-order chi connectivity index (χ1) is 4.04. The molecule has 0 saturated heterocycles. The molecule has 2 atom stereocenters. The van der Waals surface area contributed by atoms with Crippen molar-refractivity contribution in [3.63, 3.8) is 0 Å². The summed E-state index contributed by atoms with van der Waals surface area (Å²) in [6, 6.07) is 0. The van der Waals surface area contributed by atoms with Crippen molar-refractivity contribution in [2.24, 2.45) is 0 Å². The summed E-state index contributed by atoms with van der Waals surface area (Å²) in [5.74, 6) is -0.442. The average Bonchev–Trinajstić information content (AvgIpc) is 1.97. The number of carbonyl (C=O) groups excluding carboxylic acids is 1. The number of hydrogen-bond acceptors (Lipinski definition) is 3. The molecule has 3 nitrogen and oxygen atoms in total. The summed E-state index contributed by atoms with van der Waals surface area (Å²) in [5.41, 5.74) is -1.26. The molecule has 0 aromatic heterocycles. The second-order valence-corrected chi connectivity index (χ2v) is 2.69. The maximum absolute atomic E-state index is 10.7. The Hall–Kier alpha value is -0.410. The van der Waals surface area contributed by atoms with Gasteiger partial charge in [-0.25, -0.2) is 0 Å². The zero-order chi connectivity index (χ0) is 7.07. The van der Waals surface area contributed by atoms with E-state index in [2.05, 4.69) is 0 Å². The van der Waals surface area contributed by atoms with Crippen LogP contribution in [-0.2, 0) is 4.79 Å². The second-order valence-electron chi connectivity index (χ2n) is 2.69. The number of ketones is 1. The van der Waals surface area contributed by atoms with E-state index in [9.17, 15) is 4.79 Å². The molecule has 1 fully saturated rings. The van der Waals surface area contributed by atoms with Crippen LogP contribution in [0.15, 0.2) is 0 Å². The zero-order valence-corrected chi connectivity index (χ0v) is 5.29. The third kappa shape index (κ3) is 0.976. The van der Waals surface area contributed by atoms with Crippen LogP contribution in [-0.4, -0.2) is 27.7 Å². The molecule has 2 N–H and O–H groups in total. The van der Waals surface area contributed by atoms with Gasteiger partial charge in [0.1, 0.15) is 11.7 Å². The first-order valence-corrected chi connectivity index (χ1v) is 2.99. The predicted octanol–water partition coefficient (Wildman–Crippen LogP) is -0.539. The molecular formula is C6H10O3. The van der Waals surface area contributed by atoms with Crippen LogP contribution in [0.25, 0.3) is 0 Å². The molecular weight excluding hydrogens is 120 g/mol. The molecule has 0 aliphatic heterocycles. The van der Waals surface area contributed by atoms with Gasteiger partial charge >= 0.3 is 0 Å². The summed E-state index contributed by atoms with van der Waals surface area (Å²) in [6.07, 6.45) is -0.154. The summed E-state index contributed by atoms with van der Waals surface area (Å²) >= 11 is 0. The van der Waals surface area contributed by atoms with E-state index in [1.807, 2.05) is 0 Å². The minimum absolute atomic E-state index is 0.382. The van der Waals surface area contributed by atoms with Crippen LogP contribution in [0.3, 0.4) is 0 Å². The van der Waals surface area contributed by atoms with E-state index in [1.54, 1.807) is 0 Å². The first-order valence-electron chi connectivity index (χ1n) is 2.99. The first kappa shape index (κ1) is 6.71. The number of hydrogen-bond donors (Lipinski definition) is 2. The molecule has 0 bridgehead atoms. The van der Waals surface area contributed by atoms with Gasteiger partial charge in [-0.15, -0.1) is 0 Å². The highest BCUT2D eigenvalue weighted by Gasteiger charge is 2.41. The van der Waals surface area contributed by atoms with Gasteiger partial charge in [-0.1, -0.05) is 0 Å². The third-order valence-corrected chi connectivity index (χ3v) is 1.74. The summed E-state index contributed by atoms with van der Waals surface area (Å²) in [4.78, 5) is 10.7. The molecule has 1 aliphatic rings. The van der Waals surface area contributed by atoms with Crippen LogP contribution in [0.2, 0.25) is 0 Å². The Morgan fingerprint density at radius 2 is 2.33 bits per heavy atom. The molecule has 0 aromatic rings. The van der Waals surface area contributed by atoms with Crippen molar-refractivity contribution in [2.45, 2.75) is 31.5 Å². The second kappa shape index (κ2) is 1.78. The van der Waals surface area contributed by atoms with Crippen LogP contribution in [0, 0.1) is 0 Å². The largest absolute Gasteiger partial charge is 0.385 e. The number of aliphatic hydroxyl groups excluding tert-OH is 1. The van der Waals surface area contributed by atoms with Crippen molar-refractivity contribution in [1.29, 1.82) is 0 Å². The lowest BCUT2D eigenvalue weighted by Gasteiger charge is -2.11. The molecule has 1 rings (SSSR count). The highest BCUT2D eigenvalue weighted by Crippen LogP contribution is 2.25. The average molecular weight is 130 g/mol. The Balaban J connectivity index is 2.74. The zero-order valence-electron chi connectivity index (χ0n) is 5.29. The van der Waals surface area contributed by atoms with Crippen molar-refractivity contribution in [3.05, 3.63) is 0 Å². The summed E-state index contributed by atoms with van der Waals surface area (Å²) in [5, 5.41) is 17.9. The number of rotatable bonds is 0. The van der Waals surface area contributed by atoms with Gasteiger partial charge in [-0.05, 0) is 19.8 Å². The van der Waals surface area contributed by atoms with Gasteiger partial charge in [0.25, 0.3) is 0 Å². The third-order valence-electron chi connectivity index (χ3n) is 1.74. The lowest BCUT2D eigenvalue weighted by molar-refractivity contribution is -0.137. The molecule has 0 aromatic carbocycles. The van der Waals surface area contributed by atoms with Crippen LogP contribution in [0.1, 0.15) is 19.8 Å². The highest BCUT2D eigenvalue weighted by molar-refractivity contribution is 5.92. The molecule has 1 aliphatic carbocycles. The standard InChI is InChI=1S/C6H10O3/c1-6(9)3-2-4(7)5(6)8/h4,7,9H,2-3H2,1H3/t4-,6-/m1/s1. The van der Waals surface area contributed by atoms with E-state index in [-0.39, 0.29) is 0 Å². The van der Waals surface area contributed by atoms with Gasteiger partial charge in [0, 0.05) is 0 Å². The van der Waals surface area contributed by atoms with E-state index < -0.39 is 17.5 Å². The minimum Gasteiger partial charge on any atom is -0.385 e. The number of aliphatic hydroxyl groups is 2.